The van der Waals surface area contributed by atoms with Gasteiger partial charge < -0.3 is 0 Å². The molecule has 3 rings (SSSR count). The van der Waals surface area contributed by atoms with Crippen molar-refractivity contribution >= 4 is 18.5 Å². The van der Waals surface area contributed by atoms with Crippen molar-refractivity contribution in [3.05, 3.63) is 103 Å². The van der Waals surface area contributed by atoms with Gasteiger partial charge in [0.2, 0.25) is 0 Å². The van der Waals surface area contributed by atoms with E-state index in [0.29, 0.717) is 0 Å². The first kappa shape index (κ1) is 16.6. The molecule has 24 heavy (non-hydrogen) atoms. The summed E-state index contributed by atoms with van der Waals surface area (Å²) in [6.07, 6.45) is 8.48. The normalized spacial score (nSPS) is 10.7. The molecule has 0 unspecified atom stereocenters. The van der Waals surface area contributed by atoms with Gasteiger partial charge in [-0.2, -0.15) is 0 Å². The van der Waals surface area contributed by atoms with Gasteiger partial charge in [-0.1, -0.05) is 67.2 Å². The third-order valence-electron chi connectivity index (χ3n) is 4.06. The van der Waals surface area contributed by atoms with Crippen LogP contribution < -0.4 is 15.2 Å². The van der Waals surface area contributed by atoms with Crippen molar-refractivity contribution in [3.8, 4) is 0 Å². The zero-order valence-corrected chi connectivity index (χ0v) is 14.8. The Morgan fingerprint density at radius 1 is 0.792 bits per heavy atom. The first-order valence-corrected chi connectivity index (χ1v) is 9.86. The minimum absolute atomic E-state index is 0.312. The van der Waals surface area contributed by atoms with E-state index in [4.69, 9.17) is 0 Å². The molecule has 2 aromatic carbocycles. The standard InChI is InChI=1S/C22H23NP/c1-2-16-23-17-13-20(14-18-23)15-19-24(21-9-5-3-6-10-21)22-11-7-4-8-12-22/h2-14,17-18H,1,15-16,19H2/q+1. The fraction of sp³-hybridized carbons (Fsp3) is 0.136. The highest BCUT2D eigenvalue weighted by molar-refractivity contribution is 7.73. The molecule has 1 aromatic heterocycles. The van der Waals surface area contributed by atoms with Crippen LogP contribution in [-0.2, 0) is 13.0 Å². The molecule has 0 saturated carbocycles. The van der Waals surface area contributed by atoms with Crippen molar-refractivity contribution in [1.82, 2.24) is 0 Å². The number of hydrogen-bond acceptors (Lipinski definition) is 0. The highest BCUT2D eigenvalue weighted by Crippen LogP contribution is 2.34. The summed E-state index contributed by atoms with van der Waals surface area (Å²) >= 11 is 0. The Labute approximate surface area is 146 Å². The molecule has 120 valence electrons. The van der Waals surface area contributed by atoms with Gasteiger partial charge in [-0.3, -0.25) is 0 Å². The smallest absolute Gasteiger partial charge is 0.169 e. The van der Waals surface area contributed by atoms with E-state index >= 15 is 0 Å². The molecule has 2 heteroatoms. The first-order valence-electron chi connectivity index (χ1n) is 8.33. The molecule has 0 saturated heterocycles. The Kier molecular flexibility index (Phi) is 5.93. The summed E-state index contributed by atoms with van der Waals surface area (Å²) in [4.78, 5) is 0. The SMILES string of the molecule is C=CC[n+]1ccc(CCP(c2ccccc2)c2ccccc2)cc1. The number of hydrogen-bond donors (Lipinski definition) is 0. The maximum Gasteiger partial charge on any atom is 0.169 e. The van der Waals surface area contributed by atoms with Crippen LogP contribution in [0.4, 0.5) is 0 Å². The molecule has 0 fully saturated rings. The van der Waals surface area contributed by atoms with Crippen LogP contribution in [0.2, 0.25) is 0 Å². The van der Waals surface area contributed by atoms with Crippen molar-refractivity contribution in [2.75, 3.05) is 6.16 Å². The summed E-state index contributed by atoms with van der Waals surface area (Å²) in [6, 6.07) is 26.3. The van der Waals surface area contributed by atoms with E-state index in [-0.39, 0.29) is 7.92 Å². The number of rotatable bonds is 7. The van der Waals surface area contributed by atoms with E-state index < -0.39 is 0 Å². The predicted octanol–water partition coefficient (Wildman–Crippen LogP) is 3.84. The Hall–Kier alpha value is -2.24. The number of nitrogens with zero attached hydrogens (tertiary/aromatic N) is 1. The number of benzene rings is 2. The summed E-state index contributed by atoms with van der Waals surface area (Å²) in [5.41, 5.74) is 1.40. The third-order valence-corrected chi connectivity index (χ3v) is 6.57. The summed E-state index contributed by atoms with van der Waals surface area (Å²) in [5.74, 6) is 0. The molecule has 1 heterocycles. The van der Waals surface area contributed by atoms with Crippen LogP contribution in [0, 0.1) is 0 Å². The Morgan fingerprint density at radius 3 is 1.83 bits per heavy atom. The second-order valence-corrected chi connectivity index (χ2v) is 8.10. The van der Waals surface area contributed by atoms with E-state index in [2.05, 4.69) is 96.3 Å². The van der Waals surface area contributed by atoms with Gasteiger partial charge in [0.25, 0.3) is 0 Å². The molecule has 3 aromatic rings. The largest absolute Gasteiger partial charge is 0.201 e. The van der Waals surface area contributed by atoms with Crippen molar-refractivity contribution in [2.45, 2.75) is 13.0 Å². The molecule has 0 amide bonds. The van der Waals surface area contributed by atoms with Gasteiger partial charge >= 0.3 is 0 Å². The van der Waals surface area contributed by atoms with E-state index in [0.717, 1.165) is 13.0 Å². The van der Waals surface area contributed by atoms with Crippen molar-refractivity contribution in [3.63, 3.8) is 0 Å². The lowest BCUT2D eigenvalue weighted by atomic mass is 10.2. The molecule has 0 radical (unpaired) electrons. The number of pyridine rings is 1. The Bertz CT molecular complexity index is 711. The topological polar surface area (TPSA) is 3.88 Å². The molecule has 0 aliphatic heterocycles. The highest BCUT2D eigenvalue weighted by atomic mass is 31.1. The highest BCUT2D eigenvalue weighted by Gasteiger charge is 2.13. The van der Waals surface area contributed by atoms with Crippen molar-refractivity contribution in [2.24, 2.45) is 0 Å². The second-order valence-electron chi connectivity index (χ2n) is 5.76. The number of aryl methyl sites for hydroxylation is 1. The molecule has 0 bridgehead atoms. The van der Waals surface area contributed by atoms with Crippen LogP contribution in [-0.4, -0.2) is 6.16 Å². The average molecular weight is 332 g/mol. The maximum absolute atomic E-state index is 3.79. The van der Waals surface area contributed by atoms with Gasteiger partial charge in [-0.05, 0) is 42.8 Å². The minimum Gasteiger partial charge on any atom is -0.201 e. The lowest BCUT2D eigenvalue weighted by Gasteiger charge is -2.18. The zero-order chi connectivity index (χ0) is 16.6. The summed E-state index contributed by atoms with van der Waals surface area (Å²) in [6.45, 7) is 4.65. The molecule has 0 atom stereocenters. The van der Waals surface area contributed by atoms with Crippen LogP contribution in [0.15, 0.2) is 97.8 Å². The van der Waals surface area contributed by atoms with Gasteiger partial charge in [0.1, 0.15) is 0 Å². The van der Waals surface area contributed by atoms with Crippen LogP contribution in [0.3, 0.4) is 0 Å². The predicted molar refractivity (Wildman–Crippen MR) is 104 cm³/mol. The lowest BCUT2D eigenvalue weighted by Crippen LogP contribution is -2.31. The van der Waals surface area contributed by atoms with Gasteiger partial charge in [-0.25, -0.2) is 4.57 Å². The third kappa shape index (κ3) is 4.40. The summed E-state index contributed by atoms with van der Waals surface area (Å²) < 4.78 is 2.15. The summed E-state index contributed by atoms with van der Waals surface area (Å²) in [7, 11) is -0.312. The fourth-order valence-corrected chi connectivity index (χ4v) is 5.15. The van der Waals surface area contributed by atoms with E-state index in [9.17, 15) is 0 Å². The van der Waals surface area contributed by atoms with Crippen LogP contribution in [0.5, 0.6) is 0 Å². The van der Waals surface area contributed by atoms with Crippen molar-refractivity contribution < 1.29 is 4.57 Å². The fourth-order valence-electron chi connectivity index (χ4n) is 2.79. The van der Waals surface area contributed by atoms with Gasteiger partial charge in [0, 0.05) is 12.1 Å². The van der Waals surface area contributed by atoms with Crippen molar-refractivity contribution in [1.29, 1.82) is 0 Å². The molecular weight excluding hydrogens is 309 g/mol. The minimum atomic E-state index is -0.312. The molecule has 1 nitrogen and oxygen atoms in total. The lowest BCUT2D eigenvalue weighted by molar-refractivity contribution is -0.687. The molecule has 0 spiro atoms. The maximum atomic E-state index is 3.79. The Morgan fingerprint density at radius 2 is 1.33 bits per heavy atom. The first-order chi connectivity index (χ1) is 11.9. The second kappa shape index (κ2) is 8.57. The number of allylic oxidation sites excluding steroid dienone is 1. The van der Waals surface area contributed by atoms with Crippen LogP contribution in [0.1, 0.15) is 5.56 Å². The molecular formula is C22H23NP+. The molecule has 0 N–H and O–H groups in total. The van der Waals surface area contributed by atoms with Gasteiger partial charge in [0.05, 0.1) is 0 Å². The monoisotopic (exact) mass is 332 g/mol. The van der Waals surface area contributed by atoms with Crippen LogP contribution >= 0.6 is 7.92 Å². The number of aromatic nitrogens is 1. The molecule has 0 aliphatic rings. The molecule has 0 aliphatic carbocycles. The van der Waals surface area contributed by atoms with Crippen LogP contribution in [0.25, 0.3) is 0 Å². The van der Waals surface area contributed by atoms with E-state index in [1.54, 1.807) is 0 Å². The Balaban J connectivity index is 1.76. The van der Waals surface area contributed by atoms with E-state index in [1.807, 2.05) is 6.08 Å². The quantitative estimate of drug-likeness (QED) is 0.352. The average Bonchev–Trinajstić information content (AvgIpc) is 2.65. The zero-order valence-electron chi connectivity index (χ0n) is 13.9. The summed E-state index contributed by atoms with van der Waals surface area (Å²) in [5, 5.41) is 2.91. The van der Waals surface area contributed by atoms with E-state index in [1.165, 1.54) is 22.3 Å². The van der Waals surface area contributed by atoms with Gasteiger partial charge in [0.15, 0.2) is 18.9 Å². The van der Waals surface area contributed by atoms with Gasteiger partial charge in [-0.15, -0.1) is 0 Å².